The Kier molecular flexibility index (Phi) is 3.88. The maximum absolute atomic E-state index is 12.2. The molecule has 2 saturated carbocycles. The van der Waals surface area contributed by atoms with Crippen LogP contribution in [0.1, 0.15) is 51.4 Å². The first-order valence-electron chi connectivity index (χ1n) is 7.84. The molecule has 3 fully saturated rings. The molecule has 3 nitrogen and oxygen atoms in total. The molecule has 3 aliphatic rings. The number of hydrogen-bond acceptors (Lipinski definition) is 2. The number of fused-ring (bicyclic) bond motifs is 1. The molecule has 0 aromatic rings. The zero-order chi connectivity index (χ0) is 12.4. The van der Waals surface area contributed by atoms with Crippen LogP contribution in [-0.2, 0) is 4.79 Å². The third-order valence-corrected chi connectivity index (χ3v) is 5.28. The third kappa shape index (κ3) is 2.71. The second-order valence-corrected chi connectivity index (χ2v) is 6.53. The lowest BCUT2D eigenvalue weighted by Gasteiger charge is -2.33. The van der Waals surface area contributed by atoms with Crippen molar-refractivity contribution in [3.63, 3.8) is 0 Å². The van der Waals surface area contributed by atoms with Crippen LogP contribution in [0.5, 0.6) is 0 Å². The Morgan fingerprint density at radius 1 is 0.944 bits per heavy atom. The van der Waals surface area contributed by atoms with Gasteiger partial charge in [-0.15, -0.1) is 0 Å². The van der Waals surface area contributed by atoms with Gasteiger partial charge in [-0.1, -0.05) is 19.3 Å². The molecule has 2 aliphatic carbocycles. The molecular formula is C15H26N2O. The number of nitrogens with one attached hydrogen (secondary N) is 2. The average molecular weight is 250 g/mol. The van der Waals surface area contributed by atoms with Gasteiger partial charge in [-0.05, 0) is 57.0 Å². The first-order valence-corrected chi connectivity index (χ1v) is 7.84. The summed E-state index contributed by atoms with van der Waals surface area (Å²) >= 11 is 0. The fraction of sp³-hybridized carbons (Fsp3) is 0.933. The highest BCUT2D eigenvalue weighted by Crippen LogP contribution is 2.33. The predicted molar refractivity (Wildman–Crippen MR) is 72.2 cm³/mol. The molecule has 0 aromatic carbocycles. The van der Waals surface area contributed by atoms with Crippen molar-refractivity contribution >= 4 is 5.91 Å². The third-order valence-electron chi connectivity index (χ3n) is 5.28. The van der Waals surface area contributed by atoms with Crippen molar-refractivity contribution in [1.29, 1.82) is 0 Å². The lowest BCUT2D eigenvalue weighted by atomic mass is 9.79. The maximum atomic E-state index is 12.2. The topological polar surface area (TPSA) is 41.1 Å². The average Bonchev–Trinajstić information content (AvgIpc) is 2.87. The Morgan fingerprint density at radius 2 is 1.72 bits per heavy atom. The minimum absolute atomic E-state index is 0.318. The summed E-state index contributed by atoms with van der Waals surface area (Å²) in [4.78, 5) is 12.2. The van der Waals surface area contributed by atoms with Gasteiger partial charge >= 0.3 is 0 Å². The maximum Gasteiger partial charge on any atom is 0.223 e. The van der Waals surface area contributed by atoms with Crippen LogP contribution in [0.4, 0.5) is 0 Å². The van der Waals surface area contributed by atoms with Gasteiger partial charge in [0.15, 0.2) is 0 Å². The van der Waals surface area contributed by atoms with E-state index in [-0.39, 0.29) is 0 Å². The normalized spacial score (nSPS) is 37.2. The van der Waals surface area contributed by atoms with E-state index in [0.29, 0.717) is 17.9 Å². The van der Waals surface area contributed by atoms with E-state index in [4.69, 9.17) is 0 Å². The van der Waals surface area contributed by atoms with Crippen molar-refractivity contribution in [1.82, 2.24) is 10.6 Å². The summed E-state index contributed by atoms with van der Waals surface area (Å²) in [5.74, 6) is 2.37. The van der Waals surface area contributed by atoms with Crippen molar-refractivity contribution in [3.05, 3.63) is 0 Å². The molecule has 1 heterocycles. The zero-order valence-electron chi connectivity index (χ0n) is 11.3. The van der Waals surface area contributed by atoms with Crippen molar-refractivity contribution in [2.75, 3.05) is 13.1 Å². The van der Waals surface area contributed by atoms with Crippen molar-refractivity contribution in [2.24, 2.45) is 17.8 Å². The van der Waals surface area contributed by atoms with Gasteiger partial charge in [0, 0.05) is 12.0 Å². The SMILES string of the molecule is O=C(NC1CC[C@H]2CNC[C@H]2C1)C1CCCCC1. The van der Waals surface area contributed by atoms with E-state index >= 15 is 0 Å². The van der Waals surface area contributed by atoms with Crippen LogP contribution in [0, 0.1) is 17.8 Å². The molecule has 102 valence electrons. The van der Waals surface area contributed by atoms with Crippen molar-refractivity contribution in [2.45, 2.75) is 57.4 Å². The fourth-order valence-electron chi connectivity index (χ4n) is 4.11. The van der Waals surface area contributed by atoms with E-state index in [1.54, 1.807) is 0 Å². The molecule has 0 aromatic heterocycles. The summed E-state index contributed by atoms with van der Waals surface area (Å²) in [7, 11) is 0. The molecule has 3 atom stereocenters. The fourth-order valence-corrected chi connectivity index (χ4v) is 4.11. The molecule has 0 radical (unpaired) electrons. The molecule has 1 saturated heterocycles. The van der Waals surface area contributed by atoms with E-state index in [2.05, 4.69) is 10.6 Å². The number of hydrogen-bond donors (Lipinski definition) is 2. The molecular weight excluding hydrogens is 224 g/mol. The van der Waals surface area contributed by atoms with Gasteiger partial charge in [0.25, 0.3) is 0 Å². The Morgan fingerprint density at radius 3 is 2.56 bits per heavy atom. The molecule has 0 bridgehead atoms. The Balaban J connectivity index is 1.48. The van der Waals surface area contributed by atoms with Crippen LogP contribution < -0.4 is 10.6 Å². The number of rotatable bonds is 2. The number of carbonyl (C=O) groups is 1. The van der Waals surface area contributed by atoms with Crippen LogP contribution in [-0.4, -0.2) is 25.0 Å². The predicted octanol–water partition coefficient (Wildman–Crippen LogP) is 2.07. The summed E-state index contributed by atoms with van der Waals surface area (Å²) in [6.45, 7) is 2.37. The second kappa shape index (κ2) is 5.60. The monoisotopic (exact) mass is 250 g/mol. The summed E-state index contributed by atoms with van der Waals surface area (Å²) in [5, 5.41) is 6.82. The zero-order valence-corrected chi connectivity index (χ0v) is 11.3. The lowest BCUT2D eigenvalue weighted by Crippen LogP contribution is -2.43. The highest BCUT2D eigenvalue weighted by atomic mass is 16.1. The van der Waals surface area contributed by atoms with E-state index in [1.165, 1.54) is 51.6 Å². The summed E-state index contributed by atoms with van der Waals surface area (Å²) in [6.07, 6.45) is 9.75. The minimum atomic E-state index is 0.318. The summed E-state index contributed by atoms with van der Waals surface area (Å²) < 4.78 is 0. The molecule has 3 heteroatoms. The van der Waals surface area contributed by atoms with Crippen LogP contribution in [0.2, 0.25) is 0 Å². The number of amides is 1. The molecule has 1 amide bonds. The summed E-state index contributed by atoms with van der Waals surface area (Å²) in [6, 6.07) is 0.459. The second-order valence-electron chi connectivity index (χ2n) is 6.53. The highest BCUT2D eigenvalue weighted by molar-refractivity contribution is 5.79. The van der Waals surface area contributed by atoms with E-state index < -0.39 is 0 Å². The van der Waals surface area contributed by atoms with Gasteiger partial charge in [-0.2, -0.15) is 0 Å². The molecule has 0 spiro atoms. The molecule has 1 unspecified atom stereocenters. The standard InChI is InChI=1S/C15H26N2O/c18-15(11-4-2-1-3-5-11)17-14-7-6-12-9-16-10-13(12)8-14/h11-14,16H,1-10H2,(H,17,18)/t12-,13+,14?/m0/s1. The molecule has 18 heavy (non-hydrogen) atoms. The quantitative estimate of drug-likeness (QED) is 0.788. The first-order chi connectivity index (χ1) is 8.83. The van der Waals surface area contributed by atoms with E-state index in [1.807, 2.05) is 0 Å². The lowest BCUT2D eigenvalue weighted by molar-refractivity contribution is -0.127. The van der Waals surface area contributed by atoms with Gasteiger partial charge < -0.3 is 10.6 Å². The van der Waals surface area contributed by atoms with Crippen LogP contribution in [0.25, 0.3) is 0 Å². The van der Waals surface area contributed by atoms with Crippen molar-refractivity contribution < 1.29 is 4.79 Å². The van der Waals surface area contributed by atoms with Crippen LogP contribution in [0.15, 0.2) is 0 Å². The van der Waals surface area contributed by atoms with E-state index in [9.17, 15) is 4.79 Å². The van der Waals surface area contributed by atoms with E-state index in [0.717, 1.165) is 24.7 Å². The Labute approximate surface area is 110 Å². The van der Waals surface area contributed by atoms with Gasteiger partial charge in [0.2, 0.25) is 5.91 Å². The van der Waals surface area contributed by atoms with Gasteiger partial charge in [-0.25, -0.2) is 0 Å². The van der Waals surface area contributed by atoms with Crippen LogP contribution in [0.3, 0.4) is 0 Å². The summed E-state index contributed by atoms with van der Waals surface area (Å²) in [5.41, 5.74) is 0. The Hall–Kier alpha value is -0.570. The van der Waals surface area contributed by atoms with Gasteiger partial charge in [0.1, 0.15) is 0 Å². The van der Waals surface area contributed by atoms with Crippen LogP contribution >= 0.6 is 0 Å². The Bertz CT molecular complexity index is 299. The van der Waals surface area contributed by atoms with Gasteiger partial charge in [-0.3, -0.25) is 4.79 Å². The number of carbonyl (C=O) groups excluding carboxylic acids is 1. The van der Waals surface area contributed by atoms with Gasteiger partial charge in [0.05, 0.1) is 0 Å². The minimum Gasteiger partial charge on any atom is -0.353 e. The largest absolute Gasteiger partial charge is 0.353 e. The molecule has 2 N–H and O–H groups in total. The molecule has 1 aliphatic heterocycles. The smallest absolute Gasteiger partial charge is 0.223 e. The highest BCUT2D eigenvalue weighted by Gasteiger charge is 2.34. The molecule has 3 rings (SSSR count). The first kappa shape index (κ1) is 12.5. The van der Waals surface area contributed by atoms with Crippen molar-refractivity contribution in [3.8, 4) is 0 Å².